The van der Waals surface area contributed by atoms with E-state index in [2.05, 4.69) is 23.1 Å². The van der Waals surface area contributed by atoms with Crippen molar-refractivity contribution in [2.45, 2.75) is 19.1 Å². The number of ether oxygens (including phenoxy) is 1. The number of morpholine rings is 1. The zero-order chi connectivity index (χ0) is 13.9. The smallest absolute Gasteiger partial charge is 0.0926 e. The van der Waals surface area contributed by atoms with Gasteiger partial charge in [0, 0.05) is 30.6 Å². The highest BCUT2D eigenvalue weighted by molar-refractivity contribution is 5.81. The molecule has 5 nitrogen and oxygen atoms in total. The van der Waals surface area contributed by atoms with Crippen molar-refractivity contribution in [2.24, 2.45) is 0 Å². The summed E-state index contributed by atoms with van der Waals surface area (Å²) < 4.78 is 7.78. The monoisotopic (exact) mass is 275 g/mol. The number of nitrogens with zero attached hydrogens (tertiary/aromatic N) is 3. The van der Waals surface area contributed by atoms with E-state index in [4.69, 9.17) is 4.74 Å². The van der Waals surface area contributed by atoms with Crippen LogP contribution in [-0.2, 0) is 17.7 Å². The van der Waals surface area contributed by atoms with Gasteiger partial charge in [-0.25, -0.2) is 0 Å². The fraction of sp³-hybridized carbons (Fsp3) is 0.533. The Morgan fingerprint density at radius 1 is 1.40 bits per heavy atom. The van der Waals surface area contributed by atoms with Crippen molar-refractivity contribution in [2.75, 3.05) is 33.4 Å². The molecule has 1 aliphatic heterocycles. The standard InChI is InChI=1S/C15H21N3O2/c1-17-7-9-20-12(11-17)10-15-13-4-2-3-5-14(13)16-18(15)6-8-19/h2-5,12,19H,6-11H2,1H3. The third kappa shape index (κ3) is 2.70. The van der Waals surface area contributed by atoms with Crippen molar-refractivity contribution >= 4 is 10.9 Å². The number of aliphatic hydroxyl groups is 1. The van der Waals surface area contributed by atoms with Crippen LogP contribution in [0.25, 0.3) is 10.9 Å². The lowest BCUT2D eigenvalue weighted by atomic mass is 10.1. The molecule has 20 heavy (non-hydrogen) atoms. The van der Waals surface area contributed by atoms with Crippen LogP contribution in [0.3, 0.4) is 0 Å². The zero-order valence-electron chi connectivity index (χ0n) is 11.8. The van der Waals surface area contributed by atoms with E-state index in [1.54, 1.807) is 0 Å². The first-order chi connectivity index (χ1) is 9.78. The molecule has 108 valence electrons. The van der Waals surface area contributed by atoms with E-state index in [1.165, 1.54) is 0 Å². The van der Waals surface area contributed by atoms with Crippen LogP contribution in [0.15, 0.2) is 24.3 Å². The third-order valence-corrected chi connectivity index (χ3v) is 3.83. The van der Waals surface area contributed by atoms with Gasteiger partial charge in [-0.2, -0.15) is 5.10 Å². The number of aliphatic hydroxyl groups excluding tert-OH is 1. The Morgan fingerprint density at radius 2 is 2.25 bits per heavy atom. The van der Waals surface area contributed by atoms with Crippen LogP contribution >= 0.6 is 0 Å². The van der Waals surface area contributed by atoms with Crippen LogP contribution in [0.4, 0.5) is 0 Å². The highest BCUT2D eigenvalue weighted by Gasteiger charge is 2.21. The minimum absolute atomic E-state index is 0.104. The minimum atomic E-state index is 0.104. The quantitative estimate of drug-likeness (QED) is 0.901. The molecule has 5 heteroatoms. The summed E-state index contributed by atoms with van der Waals surface area (Å²) in [5.41, 5.74) is 2.15. The van der Waals surface area contributed by atoms with Gasteiger partial charge in [0.25, 0.3) is 0 Å². The molecule has 0 amide bonds. The molecule has 1 aliphatic rings. The summed E-state index contributed by atoms with van der Waals surface area (Å²) in [5, 5.41) is 15.0. The topological polar surface area (TPSA) is 50.5 Å². The Hall–Kier alpha value is -1.43. The van der Waals surface area contributed by atoms with Gasteiger partial charge in [-0.05, 0) is 13.1 Å². The molecule has 2 aromatic rings. The Balaban J connectivity index is 1.90. The van der Waals surface area contributed by atoms with Crippen LogP contribution in [0.1, 0.15) is 5.69 Å². The molecule has 0 aliphatic carbocycles. The van der Waals surface area contributed by atoms with Gasteiger partial charge in [0.1, 0.15) is 0 Å². The van der Waals surface area contributed by atoms with Gasteiger partial charge < -0.3 is 14.7 Å². The largest absolute Gasteiger partial charge is 0.394 e. The fourth-order valence-electron chi connectivity index (χ4n) is 2.84. The Labute approximate surface area is 118 Å². The number of benzene rings is 1. The molecule has 0 spiro atoms. The molecule has 3 rings (SSSR count). The second-order valence-electron chi connectivity index (χ2n) is 5.37. The second kappa shape index (κ2) is 5.91. The number of fused-ring (bicyclic) bond motifs is 1. The van der Waals surface area contributed by atoms with Gasteiger partial charge in [-0.15, -0.1) is 0 Å². The van der Waals surface area contributed by atoms with Crippen molar-refractivity contribution in [3.05, 3.63) is 30.0 Å². The molecule has 0 bridgehead atoms. The SMILES string of the molecule is CN1CCOC(Cc2c3ccccc3nn2CCO)C1. The van der Waals surface area contributed by atoms with Crippen LogP contribution < -0.4 is 0 Å². The summed E-state index contributed by atoms with van der Waals surface area (Å²) in [6.45, 7) is 3.36. The van der Waals surface area contributed by atoms with Crippen LogP contribution in [-0.4, -0.2) is 59.2 Å². The third-order valence-electron chi connectivity index (χ3n) is 3.83. The number of aromatic nitrogens is 2. The molecule has 0 saturated carbocycles. The average molecular weight is 275 g/mol. The summed E-state index contributed by atoms with van der Waals surface area (Å²) in [5.74, 6) is 0. The molecule has 1 unspecified atom stereocenters. The molecule has 1 atom stereocenters. The lowest BCUT2D eigenvalue weighted by molar-refractivity contribution is -0.0194. The number of likely N-dealkylation sites (N-methyl/N-ethyl adjacent to an activating group) is 1. The van der Waals surface area contributed by atoms with Crippen LogP contribution in [0, 0.1) is 0 Å². The molecule has 1 fully saturated rings. The zero-order valence-corrected chi connectivity index (χ0v) is 11.8. The highest BCUT2D eigenvalue weighted by Crippen LogP contribution is 2.21. The van der Waals surface area contributed by atoms with E-state index < -0.39 is 0 Å². The molecule has 1 saturated heterocycles. The average Bonchev–Trinajstić information content (AvgIpc) is 2.78. The van der Waals surface area contributed by atoms with Gasteiger partial charge in [-0.1, -0.05) is 18.2 Å². The molecular weight excluding hydrogens is 254 g/mol. The highest BCUT2D eigenvalue weighted by atomic mass is 16.5. The van der Waals surface area contributed by atoms with E-state index >= 15 is 0 Å². The van der Waals surface area contributed by atoms with Gasteiger partial charge >= 0.3 is 0 Å². The Morgan fingerprint density at radius 3 is 3.05 bits per heavy atom. The maximum atomic E-state index is 9.22. The first kappa shape index (κ1) is 13.5. The first-order valence-electron chi connectivity index (χ1n) is 7.13. The predicted octanol–water partition coefficient (Wildman–Crippen LogP) is 0.902. The lowest BCUT2D eigenvalue weighted by Crippen LogP contribution is -2.41. The molecular formula is C15H21N3O2. The Bertz CT molecular complexity index is 582. The molecule has 1 aromatic heterocycles. The minimum Gasteiger partial charge on any atom is -0.394 e. The number of hydrogen-bond donors (Lipinski definition) is 1. The summed E-state index contributed by atoms with van der Waals surface area (Å²) in [4.78, 5) is 2.29. The number of hydrogen-bond acceptors (Lipinski definition) is 4. The molecule has 1 N–H and O–H groups in total. The van der Waals surface area contributed by atoms with Crippen molar-refractivity contribution in [1.82, 2.24) is 14.7 Å². The summed E-state index contributed by atoms with van der Waals surface area (Å²) in [6.07, 6.45) is 1.04. The molecule has 1 aromatic carbocycles. The molecule has 2 heterocycles. The Kier molecular flexibility index (Phi) is 4.00. The van der Waals surface area contributed by atoms with E-state index in [1.807, 2.05) is 22.9 Å². The van der Waals surface area contributed by atoms with Crippen molar-refractivity contribution < 1.29 is 9.84 Å². The van der Waals surface area contributed by atoms with Crippen LogP contribution in [0.5, 0.6) is 0 Å². The van der Waals surface area contributed by atoms with E-state index in [0.717, 1.165) is 42.7 Å². The van der Waals surface area contributed by atoms with Gasteiger partial charge in [0.2, 0.25) is 0 Å². The second-order valence-corrected chi connectivity index (χ2v) is 5.37. The van der Waals surface area contributed by atoms with Crippen molar-refractivity contribution in [3.63, 3.8) is 0 Å². The summed E-state index contributed by atoms with van der Waals surface area (Å²) in [6, 6.07) is 8.14. The van der Waals surface area contributed by atoms with Gasteiger partial charge in [0.15, 0.2) is 0 Å². The normalized spacial score (nSPS) is 20.6. The summed E-state index contributed by atoms with van der Waals surface area (Å²) >= 11 is 0. The van der Waals surface area contributed by atoms with E-state index in [-0.39, 0.29) is 12.7 Å². The number of rotatable bonds is 4. The molecule has 0 radical (unpaired) electrons. The predicted molar refractivity (Wildman–Crippen MR) is 77.8 cm³/mol. The fourth-order valence-corrected chi connectivity index (χ4v) is 2.84. The van der Waals surface area contributed by atoms with Crippen LogP contribution in [0.2, 0.25) is 0 Å². The van der Waals surface area contributed by atoms with E-state index in [0.29, 0.717) is 6.54 Å². The van der Waals surface area contributed by atoms with Crippen molar-refractivity contribution in [3.8, 4) is 0 Å². The maximum absolute atomic E-state index is 9.22. The lowest BCUT2D eigenvalue weighted by Gasteiger charge is -2.30. The van der Waals surface area contributed by atoms with E-state index in [9.17, 15) is 5.11 Å². The van der Waals surface area contributed by atoms with Gasteiger partial charge in [0.05, 0.1) is 31.4 Å². The first-order valence-corrected chi connectivity index (χ1v) is 7.13. The summed E-state index contributed by atoms with van der Waals surface area (Å²) in [7, 11) is 2.12. The van der Waals surface area contributed by atoms with Gasteiger partial charge in [-0.3, -0.25) is 4.68 Å². The van der Waals surface area contributed by atoms with Crippen molar-refractivity contribution in [1.29, 1.82) is 0 Å². The maximum Gasteiger partial charge on any atom is 0.0926 e.